The van der Waals surface area contributed by atoms with Gasteiger partial charge in [-0.15, -0.1) is 13.2 Å². The van der Waals surface area contributed by atoms with Crippen molar-refractivity contribution < 1.29 is 27.8 Å². The van der Waals surface area contributed by atoms with Crippen LogP contribution in [-0.2, 0) is 6.54 Å². The van der Waals surface area contributed by atoms with Crippen molar-refractivity contribution in [3.63, 3.8) is 0 Å². The van der Waals surface area contributed by atoms with Gasteiger partial charge in [-0.1, -0.05) is 54.6 Å². The summed E-state index contributed by atoms with van der Waals surface area (Å²) in [4.78, 5) is 2.43. The van der Waals surface area contributed by atoms with Gasteiger partial charge in [0.25, 0.3) is 0 Å². The summed E-state index contributed by atoms with van der Waals surface area (Å²) in [5.74, 6) is 0.409. The van der Waals surface area contributed by atoms with Gasteiger partial charge >= 0.3 is 6.36 Å². The van der Waals surface area contributed by atoms with E-state index in [0.29, 0.717) is 19.4 Å². The molecule has 4 nitrogen and oxygen atoms in total. The predicted octanol–water partition coefficient (Wildman–Crippen LogP) is 5.87. The van der Waals surface area contributed by atoms with Crippen LogP contribution in [0.25, 0.3) is 0 Å². The standard InChI is InChI=1S/C28H28F3NO3/c1-34-22-12-10-19(11-13-22)26-24-15-21(33)16-25(32(24)17-18-6-3-2-4-7-18)27(26)20-8-5-9-23(14-20)35-28(29,30)31/h2-14,21,24-27,33H,15-17H2,1H3/t21-,24-,25+,26-,27+/m1/s1. The van der Waals surface area contributed by atoms with Crippen LogP contribution < -0.4 is 9.47 Å². The monoisotopic (exact) mass is 483 g/mol. The topological polar surface area (TPSA) is 41.9 Å². The Morgan fingerprint density at radius 1 is 0.829 bits per heavy atom. The smallest absolute Gasteiger partial charge is 0.497 e. The third-order valence-corrected chi connectivity index (χ3v) is 7.28. The minimum Gasteiger partial charge on any atom is -0.497 e. The molecule has 0 spiro atoms. The van der Waals surface area contributed by atoms with Crippen LogP contribution in [0.2, 0.25) is 0 Å². The highest BCUT2D eigenvalue weighted by Crippen LogP contribution is 2.54. The summed E-state index contributed by atoms with van der Waals surface area (Å²) in [6.45, 7) is 0.713. The maximum Gasteiger partial charge on any atom is 0.573 e. The molecule has 35 heavy (non-hydrogen) atoms. The molecule has 2 bridgehead atoms. The molecule has 0 saturated carbocycles. The largest absolute Gasteiger partial charge is 0.573 e. The lowest BCUT2D eigenvalue weighted by Crippen LogP contribution is -2.45. The fourth-order valence-electron chi connectivity index (χ4n) is 5.99. The highest BCUT2D eigenvalue weighted by Gasteiger charge is 2.53. The number of benzene rings is 3. The molecule has 2 aliphatic rings. The summed E-state index contributed by atoms with van der Waals surface area (Å²) in [6.07, 6.45) is -4.05. The normalized spacial score (nSPS) is 26.5. The molecule has 2 aliphatic heterocycles. The zero-order chi connectivity index (χ0) is 24.6. The summed E-state index contributed by atoms with van der Waals surface area (Å²) >= 11 is 0. The van der Waals surface area contributed by atoms with Crippen molar-refractivity contribution in [3.05, 3.63) is 95.6 Å². The van der Waals surface area contributed by atoms with E-state index in [1.165, 1.54) is 17.7 Å². The van der Waals surface area contributed by atoms with E-state index in [-0.39, 0.29) is 29.7 Å². The lowest BCUT2D eigenvalue weighted by molar-refractivity contribution is -0.274. The second-order valence-corrected chi connectivity index (χ2v) is 9.36. The first-order chi connectivity index (χ1) is 16.8. The summed E-state index contributed by atoms with van der Waals surface area (Å²) < 4.78 is 48.5. The Balaban J connectivity index is 1.58. The number of ether oxygens (including phenoxy) is 2. The molecular formula is C28H28F3NO3. The molecule has 2 saturated heterocycles. The molecule has 0 radical (unpaired) electrons. The van der Waals surface area contributed by atoms with Gasteiger partial charge in [-0.25, -0.2) is 0 Å². The SMILES string of the molecule is COc1ccc([C@H]2[C@@H](c3cccc(OC(F)(F)F)c3)[C@@H]3C[C@H](O)C[C@H]2N3Cc2ccccc2)cc1. The molecular weight excluding hydrogens is 455 g/mol. The second kappa shape index (κ2) is 9.55. The third kappa shape index (κ3) is 5.02. The van der Waals surface area contributed by atoms with Crippen LogP contribution in [0.1, 0.15) is 41.4 Å². The Morgan fingerprint density at radius 3 is 2.11 bits per heavy atom. The van der Waals surface area contributed by atoms with Crippen LogP contribution in [0.3, 0.4) is 0 Å². The van der Waals surface area contributed by atoms with Crippen LogP contribution in [0.15, 0.2) is 78.9 Å². The average Bonchev–Trinajstić information content (AvgIpc) is 3.01. The Bertz CT molecular complexity index is 1140. The predicted molar refractivity (Wildman–Crippen MR) is 126 cm³/mol. The van der Waals surface area contributed by atoms with Crippen molar-refractivity contribution in [1.82, 2.24) is 4.90 Å². The minimum atomic E-state index is -4.75. The van der Waals surface area contributed by atoms with Crippen molar-refractivity contribution in [2.24, 2.45) is 0 Å². The second-order valence-electron chi connectivity index (χ2n) is 9.36. The van der Waals surface area contributed by atoms with Gasteiger partial charge in [0.15, 0.2) is 0 Å². The van der Waals surface area contributed by atoms with E-state index >= 15 is 0 Å². The molecule has 0 aliphatic carbocycles. The van der Waals surface area contributed by atoms with Crippen molar-refractivity contribution in [2.75, 3.05) is 7.11 Å². The van der Waals surface area contributed by atoms with E-state index in [1.54, 1.807) is 13.2 Å². The number of aliphatic hydroxyl groups is 1. The molecule has 3 aromatic rings. The van der Waals surface area contributed by atoms with Gasteiger partial charge < -0.3 is 14.6 Å². The average molecular weight is 484 g/mol. The minimum absolute atomic E-state index is 0.00657. The number of halogens is 3. The number of piperidine rings is 1. The molecule has 184 valence electrons. The van der Waals surface area contributed by atoms with Crippen molar-refractivity contribution >= 4 is 0 Å². The van der Waals surface area contributed by atoms with Gasteiger partial charge in [-0.3, -0.25) is 4.90 Å². The fourth-order valence-corrected chi connectivity index (χ4v) is 5.99. The Kier molecular flexibility index (Phi) is 6.47. The Labute approximate surface area is 202 Å². The molecule has 1 N–H and O–H groups in total. The Hall–Kier alpha value is -3.03. The molecule has 0 amide bonds. The highest BCUT2D eigenvalue weighted by molar-refractivity contribution is 5.41. The molecule has 2 heterocycles. The summed E-state index contributed by atoms with van der Waals surface area (Å²) in [5, 5.41) is 10.8. The fraction of sp³-hybridized carbons (Fsp3) is 0.357. The molecule has 2 fully saturated rings. The van der Waals surface area contributed by atoms with E-state index in [9.17, 15) is 18.3 Å². The number of aliphatic hydroxyl groups excluding tert-OH is 1. The van der Waals surface area contributed by atoms with Gasteiger partial charge in [-0.2, -0.15) is 0 Å². The van der Waals surface area contributed by atoms with Gasteiger partial charge in [0.1, 0.15) is 11.5 Å². The summed E-state index contributed by atoms with van der Waals surface area (Å²) in [5.41, 5.74) is 3.03. The van der Waals surface area contributed by atoms with E-state index in [2.05, 4.69) is 21.8 Å². The Morgan fingerprint density at radius 2 is 1.49 bits per heavy atom. The van der Waals surface area contributed by atoms with E-state index in [4.69, 9.17) is 4.74 Å². The number of alkyl halides is 3. The molecule has 5 atom stereocenters. The van der Waals surface area contributed by atoms with Gasteiger partial charge in [-0.05, 0) is 53.8 Å². The number of fused-ring (bicyclic) bond motifs is 2. The maximum atomic E-state index is 13.0. The molecule has 5 rings (SSSR count). The lowest BCUT2D eigenvalue weighted by atomic mass is 9.78. The zero-order valence-electron chi connectivity index (χ0n) is 19.4. The number of methoxy groups -OCH3 is 1. The van der Waals surface area contributed by atoms with Gasteiger partial charge in [0.05, 0.1) is 13.2 Å². The first-order valence-electron chi connectivity index (χ1n) is 11.8. The van der Waals surface area contributed by atoms with E-state index in [0.717, 1.165) is 16.9 Å². The van der Waals surface area contributed by atoms with E-state index < -0.39 is 12.5 Å². The third-order valence-electron chi connectivity index (χ3n) is 7.28. The van der Waals surface area contributed by atoms with Crippen LogP contribution >= 0.6 is 0 Å². The lowest BCUT2D eigenvalue weighted by Gasteiger charge is -2.38. The van der Waals surface area contributed by atoms with Crippen molar-refractivity contribution in [2.45, 2.75) is 55.8 Å². The van der Waals surface area contributed by atoms with E-state index in [1.807, 2.05) is 48.5 Å². The first kappa shape index (κ1) is 23.7. The quantitative estimate of drug-likeness (QED) is 0.476. The van der Waals surface area contributed by atoms with Crippen LogP contribution in [0.5, 0.6) is 11.5 Å². The molecule has 3 aromatic carbocycles. The van der Waals surface area contributed by atoms with Gasteiger partial charge in [0, 0.05) is 30.5 Å². The van der Waals surface area contributed by atoms with Gasteiger partial charge in [0.2, 0.25) is 0 Å². The number of nitrogens with zero attached hydrogens (tertiary/aromatic N) is 1. The summed E-state index contributed by atoms with van der Waals surface area (Å²) in [7, 11) is 1.62. The van der Waals surface area contributed by atoms with Crippen LogP contribution in [0.4, 0.5) is 13.2 Å². The van der Waals surface area contributed by atoms with Crippen LogP contribution in [0, 0.1) is 0 Å². The molecule has 0 unspecified atom stereocenters. The van der Waals surface area contributed by atoms with Crippen LogP contribution in [-0.4, -0.2) is 41.7 Å². The van der Waals surface area contributed by atoms with Crippen molar-refractivity contribution in [1.29, 1.82) is 0 Å². The number of hydrogen-bond acceptors (Lipinski definition) is 4. The zero-order valence-corrected chi connectivity index (χ0v) is 19.4. The highest BCUT2D eigenvalue weighted by atomic mass is 19.4. The summed E-state index contributed by atoms with van der Waals surface area (Å²) in [6, 6.07) is 24.4. The number of hydrogen-bond donors (Lipinski definition) is 1. The first-order valence-corrected chi connectivity index (χ1v) is 11.8. The van der Waals surface area contributed by atoms with Crippen molar-refractivity contribution in [3.8, 4) is 11.5 Å². The maximum absolute atomic E-state index is 13.0. The number of rotatable bonds is 6. The molecule has 0 aromatic heterocycles. The molecule has 7 heteroatoms.